The zero-order chi connectivity index (χ0) is 34.6. The van der Waals surface area contributed by atoms with E-state index in [9.17, 15) is 0 Å². The lowest BCUT2D eigenvalue weighted by Gasteiger charge is -2.29. The first kappa shape index (κ1) is 29.2. The number of hydrogen-bond acceptors (Lipinski definition) is 3. The van der Waals surface area contributed by atoms with Gasteiger partial charge in [0.05, 0.1) is 5.69 Å². The van der Waals surface area contributed by atoms with Crippen LogP contribution in [0.2, 0.25) is 0 Å². The maximum Gasteiger partial charge on any atom is 0.143 e. The molecule has 0 bridgehead atoms. The van der Waals surface area contributed by atoms with Gasteiger partial charge in [-0.2, -0.15) is 0 Å². The summed E-state index contributed by atoms with van der Waals surface area (Å²) in [6.45, 7) is 4.67. The molecule has 0 aliphatic heterocycles. The van der Waals surface area contributed by atoms with Gasteiger partial charge in [0.2, 0.25) is 0 Å². The van der Waals surface area contributed by atoms with Crippen LogP contribution in [0.15, 0.2) is 173 Å². The molecule has 0 radical (unpaired) electrons. The van der Waals surface area contributed by atoms with Gasteiger partial charge in [-0.05, 0) is 81.6 Å². The van der Waals surface area contributed by atoms with Crippen molar-refractivity contribution < 1.29 is 8.83 Å². The highest BCUT2D eigenvalue weighted by molar-refractivity contribution is 6.18. The smallest absolute Gasteiger partial charge is 0.143 e. The molecule has 0 atom stereocenters. The molecule has 0 amide bonds. The van der Waals surface area contributed by atoms with E-state index >= 15 is 0 Å². The Morgan fingerprint density at radius 3 is 1.90 bits per heavy atom. The van der Waals surface area contributed by atoms with E-state index in [4.69, 9.17) is 8.83 Å². The molecule has 246 valence electrons. The molecule has 11 rings (SSSR count). The van der Waals surface area contributed by atoms with Crippen molar-refractivity contribution >= 4 is 71.7 Å². The topological polar surface area (TPSA) is 29.5 Å². The van der Waals surface area contributed by atoms with Crippen molar-refractivity contribution in [3.8, 4) is 22.3 Å². The SMILES string of the molecule is CC1(C)c2ccccc2-c2c(N(c3ccc(-c4c5ccccc5cc5c4oc4ccccc45)cc3)c3ccc4c(c3)oc3ccccc34)cccc21. The number of para-hydroxylation sites is 2. The molecule has 3 heteroatoms. The molecular weight excluding hydrogens is 635 g/mol. The first-order valence-electron chi connectivity index (χ1n) is 17.9. The Kier molecular flexibility index (Phi) is 6.01. The largest absolute Gasteiger partial charge is 0.456 e. The van der Waals surface area contributed by atoms with E-state index in [1.807, 2.05) is 18.2 Å². The summed E-state index contributed by atoms with van der Waals surface area (Å²) in [5.41, 5.74) is 14.2. The maximum absolute atomic E-state index is 6.61. The van der Waals surface area contributed by atoms with Crippen LogP contribution in [0.4, 0.5) is 17.1 Å². The van der Waals surface area contributed by atoms with Gasteiger partial charge >= 0.3 is 0 Å². The molecule has 0 unspecified atom stereocenters. The fourth-order valence-corrected chi connectivity index (χ4v) is 8.79. The molecule has 0 saturated carbocycles. The molecule has 10 aromatic rings. The van der Waals surface area contributed by atoms with E-state index < -0.39 is 0 Å². The third-order valence-electron chi connectivity index (χ3n) is 11.3. The summed E-state index contributed by atoms with van der Waals surface area (Å²) in [5, 5.41) is 6.88. The second kappa shape index (κ2) is 10.7. The predicted molar refractivity (Wildman–Crippen MR) is 216 cm³/mol. The lowest BCUT2D eigenvalue weighted by atomic mass is 9.82. The van der Waals surface area contributed by atoms with E-state index in [1.54, 1.807) is 0 Å². The molecule has 0 spiro atoms. The summed E-state index contributed by atoms with van der Waals surface area (Å²) >= 11 is 0. The van der Waals surface area contributed by atoms with Gasteiger partial charge in [0.15, 0.2) is 0 Å². The van der Waals surface area contributed by atoms with E-state index in [-0.39, 0.29) is 5.41 Å². The van der Waals surface area contributed by atoms with Crippen molar-refractivity contribution in [2.45, 2.75) is 19.3 Å². The van der Waals surface area contributed by atoms with E-state index in [2.05, 4.69) is 164 Å². The summed E-state index contributed by atoms with van der Waals surface area (Å²) in [7, 11) is 0. The van der Waals surface area contributed by atoms with Gasteiger partial charge in [-0.15, -0.1) is 0 Å². The molecule has 0 fully saturated rings. The number of rotatable bonds is 4. The van der Waals surface area contributed by atoms with E-state index in [0.29, 0.717) is 0 Å². The number of fused-ring (bicyclic) bond motifs is 10. The van der Waals surface area contributed by atoms with Gasteiger partial charge in [-0.1, -0.05) is 123 Å². The maximum atomic E-state index is 6.61. The highest BCUT2D eigenvalue weighted by Gasteiger charge is 2.37. The Morgan fingerprint density at radius 2 is 1.08 bits per heavy atom. The molecule has 0 N–H and O–H groups in total. The molecule has 52 heavy (non-hydrogen) atoms. The minimum absolute atomic E-state index is 0.119. The van der Waals surface area contributed by atoms with E-state index in [1.165, 1.54) is 33.0 Å². The van der Waals surface area contributed by atoms with Crippen LogP contribution in [-0.2, 0) is 5.41 Å². The summed E-state index contributed by atoms with van der Waals surface area (Å²) in [6, 6.07) is 58.7. The first-order chi connectivity index (χ1) is 25.5. The average molecular weight is 668 g/mol. The third kappa shape index (κ3) is 4.08. The van der Waals surface area contributed by atoms with Crippen molar-refractivity contribution in [2.24, 2.45) is 0 Å². The van der Waals surface area contributed by atoms with Crippen molar-refractivity contribution in [1.82, 2.24) is 0 Å². The number of nitrogens with zero attached hydrogens (tertiary/aromatic N) is 1. The highest BCUT2D eigenvalue weighted by Crippen LogP contribution is 2.54. The Hall–Kier alpha value is -6.58. The molecular formula is C49H33NO2. The number of anilines is 3. The Bertz CT molecular complexity index is 3050. The number of furan rings is 2. The molecule has 0 saturated heterocycles. The molecule has 1 aliphatic carbocycles. The lowest BCUT2D eigenvalue weighted by Crippen LogP contribution is -2.16. The second-order valence-electron chi connectivity index (χ2n) is 14.5. The second-order valence-corrected chi connectivity index (χ2v) is 14.5. The Morgan fingerprint density at radius 1 is 0.442 bits per heavy atom. The van der Waals surface area contributed by atoms with Crippen molar-refractivity contribution in [3.05, 3.63) is 175 Å². The molecule has 2 aromatic heterocycles. The zero-order valence-corrected chi connectivity index (χ0v) is 28.9. The molecule has 1 aliphatic rings. The van der Waals surface area contributed by atoms with E-state index in [0.717, 1.165) is 72.1 Å². The van der Waals surface area contributed by atoms with Gasteiger partial charge in [0.1, 0.15) is 22.3 Å². The Balaban J connectivity index is 1.14. The number of hydrogen-bond donors (Lipinski definition) is 0. The number of benzene rings is 8. The fraction of sp³-hybridized carbons (Fsp3) is 0.0612. The summed E-state index contributed by atoms with van der Waals surface area (Å²) < 4.78 is 13.1. The minimum atomic E-state index is -0.119. The monoisotopic (exact) mass is 667 g/mol. The quantitative estimate of drug-likeness (QED) is 0.187. The van der Waals surface area contributed by atoms with Crippen LogP contribution >= 0.6 is 0 Å². The van der Waals surface area contributed by atoms with Gasteiger partial charge in [0.25, 0.3) is 0 Å². The van der Waals surface area contributed by atoms with Crippen LogP contribution in [0.1, 0.15) is 25.0 Å². The summed E-state index contributed by atoms with van der Waals surface area (Å²) in [5.74, 6) is 0. The molecule has 2 heterocycles. The van der Waals surface area contributed by atoms with Gasteiger partial charge in [-0.3, -0.25) is 0 Å². The minimum Gasteiger partial charge on any atom is -0.456 e. The third-order valence-corrected chi connectivity index (χ3v) is 11.3. The highest BCUT2D eigenvalue weighted by atomic mass is 16.3. The Labute approximate surface area is 301 Å². The molecule has 8 aromatic carbocycles. The van der Waals surface area contributed by atoms with Crippen molar-refractivity contribution in [3.63, 3.8) is 0 Å². The van der Waals surface area contributed by atoms with Crippen LogP contribution in [0.25, 0.3) is 76.9 Å². The van der Waals surface area contributed by atoms with Gasteiger partial charge in [-0.25, -0.2) is 0 Å². The van der Waals surface area contributed by atoms with Crippen LogP contribution in [0.3, 0.4) is 0 Å². The van der Waals surface area contributed by atoms with Crippen molar-refractivity contribution in [2.75, 3.05) is 4.90 Å². The first-order valence-corrected chi connectivity index (χ1v) is 17.9. The summed E-state index contributed by atoms with van der Waals surface area (Å²) in [6.07, 6.45) is 0. The normalized spacial score (nSPS) is 13.3. The van der Waals surface area contributed by atoms with Crippen LogP contribution in [-0.4, -0.2) is 0 Å². The van der Waals surface area contributed by atoms with Crippen LogP contribution < -0.4 is 4.90 Å². The van der Waals surface area contributed by atoms with Crippen LogP contribution in [0, 0.1) is 0 Å². The zero-order valence-electron chi connectivity index (χ0n) is 28.9. The van der Waals surface area contributed by atoms with Gasteiger partial charge in [0, 0.05) is 55.5 Å². The standard InChI is InChI=1S/C49H33NO2/c1-49(2)40-17-8-5-16-38(40)47-41(49)18-11-19-42(47)50(33-26-27-37-35-14-6-9-20-43(35)51-45(37)29-33)32-24-22-30(23-25-32)46-34-13-4-3-12-31(34)28-39-36-15-7-10-21-44(36)52-48(39)46/h3-29H,1-2H3. The fourth-order valence-electron chi connectivity index (χ4n) is 8.79. The lowest BCUT2D eigenvalue weighted by molar-refractivity contribution is 0.660. The molecule has 3 nitrogen and oxygen atoms in total. The average Bonchev–Trinajstić information content (AvgIpc) is 3.82. The van der Waals surface area contributed by atoms with Crippen LogP contribution in [0.5, 0.6) is 0 Å². The predicted octanol–water partition coefficient (Wildman–Crippen LogP) is 14.1. The van der Waals surface area contributed by atoms with Gasteiger partial charge < -0.3 is 13.7 Å². The summed E-state index contributed by atoms with van der Waals surface area (Å²) in [4.78, 5) is 2.40. The van der Waals surface area contributed by atoms with Crippen molar-refractivity contribution in [1.29, 1.82) is 0 Å².